The molecule has 20 heavy (non-hydrogen) atoms. The third-order valence-electron chi connectivity index (χ3n) is 3.72. The Bertz CT molecular complexity index is 694. The van der Waals surface area contributed by atoms with E-state index in [2.05, 4.69) is 17.9 Å². The van der Waals surface area contributed by atoms with Crippen LogP contribution in [0.3, 0.4) is 0 Å². The van der Waals surface area contributed by atoms with Crippen molar-refractivity contribution in [3.63, 3.8) is 0 Å². The number of allylic oxidation sites excluding steroid dienone is 2. The molecule has 1 aliphatic heterocycles. The van der Waals surface area contributed by atoms with Gasteiger partial charge < -0.3 is 4.90 Å². The van der Waals surface area contributed by atoms with Gasteiger partial charge in [0, 0.05) is 17.8 Å². The Balaban J connectivity index is 1.89. The normalized spacial score (nSPS) is 17.6. The maximum Gasteiger partial charge on any atom is 0.182 e. The number of Topliss-reactive ketones (excluding diaryl/α,β-unsaturated/α-hetero) is 1. The zero-order chi connectivity index (χ0) is 13.9. The summed E-state index contributed by atoms with van der Waals surface area (Å²) in [5.74, 6) is 0.161. The molecular formula is C18H17NO. The molecule has 2 aromatic rings. The van der Waals surface area contributed by atoms with E-state index in [4.69, 9.17) is 0 Å². The van der Waals surface area contributed by atoms with Crippen molar-refractivity contribution in [2.24, 2.45) is 0 Å². The molecule has 100 valence electrons. The topological polar surface area (TPSA) is 20.3 Å². The van der Waals surface area contributed by atoms with Crippen LogP contribution in [0.25, 0.3) is 10.8 Å². The van der Waals surface area contributed by atoms with E-state index in [0.29, 0.717) is 6.54 Å². The number of ketones is 1. The van der Waals surface area contributed by atoms with Crippen LogP contribution in [0.2, 0.25) is 0 Å². The summed E-state index contributed by atoms with van der Waals surface area (Å²) in [6.07, 6.45) is 8.06. The molecule has 0 amide bonds. The number of carbonyl (C=O) groups excluding carboxylic acids is 1. The van der Waals surface area contributed by atoms with Crippen molar-refractivity contribution < 1.29 is 4.79 Å². The minimum atomic E-state index is 0.161. The lowest BCUT2D eigenvalue weighted by Gasteiger charge is -2.26. The van der Waals surface area contributed by atoms with Gasteiger partial charge in [-0.15, -0.1) is 0 Å². The standard InChI is InChI=1S/C18H17NO/c1-14-7-4-5-12-19(14)13-18(20)17-11-6-9-15-8-2-3-10-16(15)17/h2-12,14H,13H2,1H3. The van der Waals surface area contributed by atoms with Crippen LogP contribution in [0, 0.1) is 0 Å². The average Bonchev–Trinajstić information content (AvgIpc) is 2.49. The minimum absolute atomic E-state index is 0.161. The molecule has 0 aromatic heterocycles. The maximum atomic E-state index is 12.6. The summed E-state index contributed by atoms with van der Waals surface area (Å²) in [7, 11) is 0. The molecule has 2 heteroatoms. The number of hydrogen-bond donors (Lipinski definition) is 0. The van der Waals surface area contributed by atoms with Gasteiger partial charge in [0.2, 0.25) is 0 Å². The van der Waals surface area contributed by atoms with Gasteiger partial charge in [0.1, 0.15) is 0 Å². The van der Waals surface area contributed by atoms with Gasteiger partial charge in [-0.1, -0.05) is 54.6 Å². The van der Waals surface area contributed by atoms with Crippen LogP contribution in [-0.2, 0) is 0 Å². The van der Waals surface area contributed by atoms with Gasteiger partial charge in [0.15, 0.2) is 5.78 Å². The van der Waals surface area contributed by atoms with Gasteiger partial charge in [0.05, 0.1) is 6.54 Å². The highest BCUT2D eigenvalue weighted by molar-refractivity contribution is 6.09. The zero-order valence-corrected chi connectivity index (χ0v) is 11.5. The first-order valence-corrected chi connectivity index (χ1v) is 6.87. The highest BCUT2D eigenvalue weighted by atomic mass is 16.1. The number of carbonyl (C=O) groups is 1. The van der Waals surface area contributed by atoms with E-state index < -0.39 is 0 Å². The molecular weight excluding hydrogens is 246 g/mol. The second-order valence-electron chi connectivity index (χ2n) is 5.09. The summed E-state index contributed by atoms with van der Waals surface area (Å²) in [4.78, 5) is 14.6. The van der Waals surface area contributed by atoms with Gasteiger partial charge in [-0.2, -0.15) is 0 Å². The second-order valence-corrected chi connectivity index (χ2v) is 5.09. The highest BCUT2D eigenvalue weighted by Gasteiger charge is 2.16. The third-order valence-corrected chi connectivity index (χ3v) is 3.72. The minimum Gasteiger partial charge on any atom is -0.364 e. The predicted molar refractivity (Wildman–Crippen MR) is 82.7 cm³/mol. The maximum absolute atomic E-state index is 12.6. The van der Waals surface area contributed by atoms with E-state index in [0.717, 1.165) is 16.3 Å². The van der Waals surface area contributed by atoms with Crippen LogP contribution >= 0.6 is 0 Å². The van der Waals surface area contributed by atoms with Crippen molar-refractivity contribution >= 4 is 16.6 Å². The van der Waals surface area contributed by atoms with Crippen LogP contribution in [0.15, 0.2) is 66.9 Å². The molecule has 0 aliphatic carbocycles. The summed E-state index contributed by atoms with van der Waals surface area (Å²) in [6.45, 7) is 2.51. The summed E-state index contributed by atoms with van der Waals surface area (Å²) < 4.78 is 0. The molecule has 2 nitrogen and oxygen atoms in total. The van der Waals surface area contributed by atoms with Crippen molar-refractivity contribution in [3.8, 4) is 0 Å². The average molecular weight is 263 g/mol. The molecule has 0 spiro atoms. The van der Waals surface area contributed by atoms with Gasteiger partial charge in [0.25, 0.3) is 0 Å². The third kappa shape index (κ3) is 2.37. The molecule has 0 radical (unpaired) electrons. The van der Waals surface area contributed by atoms with Crippen LogP contribution in [0.5, 0.6) is 0 Å². The molecule has 1 atom stereocenters. The smallest absolute Gasteiger partial charge is 0.182 e. The van der Waals surface area contributed by atoms with E-state index in [1.807, 2.05) is 60.8 Å². The first kappa shape index (κ1) is 12.7. The molecule has 1 heterocycles. The lowest BCUT2D eigenvalue weighted by molar-refractivity contribution is 0.0948. The fraction of sp³-hybridized carbons (Fsp3) is 0.167. The number of nitrogens with zero attached hydrogens (tertiary/aromatic N) is 1. The number of hydrogen-bond acceptors (Lipinski definition) is 2. The first-order chi connectivity index (χ1) is 9.75. The largest absolute Gasteiger partial charge is 0.364 e. The second kappa shape index (κ2) is 5.33. The van der Waals surface area contributed by atoms with Crippen LogP contribution in [-0.4, -0.2) is 23.3 Å². The summed E-state index contributed by atoms with van der Waals surface area (Å²) in [5, 5.41) is 2.14. The van der Waals surface area contributed by atoms with Gasteiger partial charge in [-0.05, 0) is 23.8 Å². The molecule has 0 saturated heterocycles. The lowest BCUT2D eigenvalue weighted by Crippen LogP contribution is -2.33. The number of benzene rings is 2. The first-order valence-electron chi connectivity index (χ1n) is 6.87. The Kier molecular flexibility index (Phi) is 3.38. The molecule has 2 aromatic carbocycles. The van der Waals surface area contributed by atoms with E-state index in [9.17, 15) is 4.79 Å². The van der Waals surface area contributed by atoms with Crippen molar-refractivity contribution in [1.82, 2.24) is 4.90 Å². The van der Waals surface area contributed by atoms with Crippen LogP contribution in [0.4, 0.5) is 0 Å². The van der Waals surface area contributed by atoms with Gasteiger partial charge in [-0.3, -0.25) is 4.79 Å². The van der Waals surface area contributed by atoms with Gasteiger partial charge in [-0.25, -0.2) is 0 Å². The van der Waals surface area contributed by atoms with Crippen molar-refractivity contribution in [3.05, 3.63) is 72.5 Å². The van der Waals surface area contributed by atoms with E-state index in [-0.39, 0.29) is 11.8 Å². The van der Waals surface area contributed by atoms with Crippen molar-refractivity contribution in [1.29, 1.82) is 0 Å². The molecule has 3 rings (SSSR count). The molecule has 1 aliphatic rings. The fourth-order valence-electron chi connectivity index (χ4n) is 2.55. The lowest BCUT2D eigenvalue weighted by atomic mass is 10.0. The molecule has 0 saturated carbocycles. The predicted octanol–water partition coefficient (Wildman–Crippen LogP) is 3.80. The van der Waals surface area contributed by atoms with E-state index in [1.54, 1.807) is 0 Å². The van der Waals surface area contributed by atoms with Crippen molar-refractivity contribution in [2.45, 2.75) is 13.0 Å². The Hall–Kier alpha value is -2.35. The quantitative estimate of drug-likeness (QED) is 0.785. The molecule has 0 fully saturated rings. The number of rotatable bonds is 3. The Morgan fingerprint density at radius 3 is 2.75 bits per heavy atom. The fourth-order valence-corrected chi connectivity index (χ4v) is 2.55. The molecule has 0 bridgehead atoms. The number of fused-ring (bicyclic) bond motifs is 1. The van der Waals surface area contributed by atoms with Crippen molar-refractivity contribution in [2.75, 3.05) is 6.54 Å². The summed E-state index contributed by atoms with van der Waals surface area (Å²) in [5.41, 5.74) is 0.804. The van der Waals surface area contributed by atoms with Gasteiger partial charge >= 0.3 is 0 Å². The Labute approximate surface area is 119 Å². The Morgan fingerprint density at radius 2 is 1.90 bits per heavy atom. The monoisotopic (exact) mass is 263 g/mol. The summed E-state index contributed by atoms with van der Waals surface area (Å²) >= 11 is 0. The SMILES string of the molecule is CC1C=CC=CN1CC(=O)c1cccc2ccccc12. The highest BCUT2D eigenvalue weighted by Crippen LogP contribution is 2.20. The Morgan fingerprint density at radius 1 is 1.10 bits per heavy atom. The zero-order valence-electron chi connectivity index (χ0n) is 11.5. The van der Waals surface area contributed by atoms with Crippen LogP contribution in [0.1, 0.15) is 17.3 Å². The van der Waals surface area contributed by atoms with E-state index >= 15 is 0 Å². The van der Waals surface area contributed by atoms with E-state index in [1.165, 1.54) is 0 Å². The summed E-state index contributed by atoms with van der Waals surface area (Å²) in [6, 6.07) is 14.2. The molecule has 0 N–H and O–H groups in total. The molecule has 1 unspecified atom stereocenters. The van der Waals surface area contributed by atoms with Crippen LogP contribution < -0.4 is 0 Å².